The van der Waals surface area contributed by atoms with Gasteiger partial charge in [-0.05, 0) is 61.9 Å². The number of aryl methyl sites for hydroxylation is 1. The average Bonchev–Trinajstić information content (AvgIpc) is 3.42. The van der Waals surface area contributed by atoms with Crippen LogP contribution in [0.2, 0.25) is 0 Å². The second-order valence-corrected chi connectivity index (χ2v) is 12.1. The van der Waals surface area contributed by atoms with Gasteiger partial charge in [0.1, 0.15) is 5.75 Å². The monoisotopic (exact) mass is 565 g/mol. The van der Waals surface area contributed by atoms with Crippen molar-refractivity contribution in [1.82, 2.24) is 14.1 Å². The Labute approximate surface area is 235 Å². The van der Waals surface area contributed by atoms with E-state index in [2.05, 4.69) is 4.90 Å². The molecule has 1 amide bonds. The van der Waals surface area contributed by atoms with E-state index in [0.29, 0.717) is 36.6 Å². The Morgan fingerprint density at radius 1 is 0.950 bits per heavy atom. The van der Waals surface area contributed by atoms with E-state index in [1.165, 1.54) is 4.31 Å². The molecular formula is C30H35N3O6S. The summed E-state index contributed by atoms with van der Waals surface area (Å²) in [6, 6.07) is 18.0. The SMILES string of the molecule is CCOc1ccc(C(=O)N2CCN(Cc3ccc4c(c3)OCO4)CC2)cc1CN(C)S(=O)(=O)c1ccc(C)cc1. The lowest BCUT2D eigenvalue weighted by Crippen LogP contribution is -2.48. The predicted molar refractivity (Wildman–Crippen MR) is 151 cm³/mol. The molecule has 1 saturated heterocycles. The molecule has 9 nitrogen and oxygen atoms in total. The van der Waals surface area contributed by atoms with Gasteiger partial charge < -0.3 is 19.1 Å². The first-order valence-corrected chi connectivity index (χ1v) is 14.9. The van der Waals surface area contributed by atoms with Gasteiger partial charge in [0.25, 0.3) is 5.91 Å². The van der Waals surface area contributed by atoms with Crippen molar-refractivity contribution in [2.75, 3.05) is 46.6 Å². The first-order chi connectivity index (χ1) is 19.2. The topological polar surface area (TPSA) is 88.6 Å². The highest BCUT2D eigenvalue weighted by Gasteiger charge is 2.26. The van der Waals surface area contributed by atoms with Crippen LogP contribution in [0.3, 0.4) is 0 Å². The Kier molecular flexibility index (Phi) is 8.30. The summed E-state index contributed by atoms with van der Waals surface area (Å²) in [5, 5.41) is 0. The molecule has 2 heterocycles. The van der Waals surface area contributed by atoms with Gasteiger partial charge in [0.05, 0.1) is 11.5 Å². The molecule has 0 unspecified atom stereocenters. The Morgan fingerprint density at radius 2 is 1.68 bits per heavy atom. The van der Waals surface area contributed by atoms with Gasteiger partial charge in [-0.15, -0.1) is 0 Å². The standard InChI is InChI=1S/C30H35N3O6S/c1-4-37-27-12-8-24(18-25(27)20-31(3)40(35,36)26-9-5-22(2)6-10-26)30(34)33-15-13-32(14-16-33)19-23-7-11-28-29(17-23)39-21-38-28/h5-12,17-18H,4,13-16,19-21H2,1-3H3. The maximum absolute atomic E-state index is 13.5. The van der Waals surface area contributed by atoms with Crippen molar-refractivity contribution in [3.63, 3.8) is 0 Å². The smallest absolute Gasteiger partial charge is 0.253 e. The molecule has 2 aliphatic rings. The summed E-state index contributed by atoms with van der Waals surface area (Å²) in [4.78, 5) is 17.8. The highest BCUT2D eigenvalue weighted by Crippen LogP contribution is 2.33. The maximum Gasteiger partial charge on any atom is 0.253 e. The number of nitrogens with zero attached hydrogens (tertiary/aromatic N) is 3. The van der Waals surface area contributed by atoms with Crippen LogP contribution in [-0.4, -0.2) is 75.1 Å². The fraction of sp³-hybridized carbons (Fsp3) is 0.367. The molecular weight excluding hydrogens is 530 g/mol. The molecule has 0 N–H and O–H groups in total. The molecule has 40 heavy (non-hydrogen) atoms. The number of hydrogen-bond donors (Lipinski definition) is 0. The van der Waals surface area contributed by atoms with Crippen LogP contribution >= 0.6 is 0 Å². The number of sulfonamides is 1. The van der Waals surface area contributed by atoms with Crippen LogP contribution in [0.15, 0.2) is 65.6 Å². The number of rotatable bonds is 9. The summed E-state index contributed by atoms with van der Waals surface area (Å²) in [5.74, 6) is 2.04. The Balaban J connectivity index is 1.25. The number of benzene rings is 3. The summed E-state index contributed by atoms with van der Waals surface area (Å²) in [6.07, 6.45) is 0. The van der Waals surface area contributed by atoms with E-state index < -0.39 is 10.0 Å². The summed E-state index contributed by atoms with van der Waals surface area (Å²) < 4.78 is 44.3. The molecule has 0 atom stereocenters. The van der Waals surface area contributed by atoms with Gasteiger partial charge in [-0.25, -0.2) is 8.42 Å². The molecule has 0 saturated carbocycles. The van der Waals surface area contributed by atoms with Crippen molar-refractivity contribution >= 4 is 15.9 Å². The minimum atomic E-state index is -3.71. The van der Waals surface area contributed by atoms with Crippen molar-refractivity contribution in [3.8, 4) is 17.2 Å². The minimum absolute atomic E-state index is 0.0731. The van der Waals surface area contributed by atoms with E-state index in [9.17, 15) is 13.2 Å². The van der Waals surface area contributed by atoms with Crippen LogP contribution in [0.25, 0.3) is 0 Å². The summed E-state index contributed by atoms with van der Waals surface area (Å²) in [7, 11) is -2.17. The normalized spacial score (nSPS) is 15.4. The number of carbonyl (C=O) groups is 1. The number of hydrogen-bond acceptors (Lipinski definition) is 7. The molecule has 0 radical (unpaired) electrons. The molecule has 1 fully saturated rings. The maximum atomic E-state index is 13.5. The highest BCUT2D eigenvalue weighted by molar-refractivity contribution is 7.89. The molecule has 0 aliphatic carbocycles. The minimum Gasteiger partial charge on any atom is -0.494 e. The summed E-state index contributed by atoms with van der Waals surface area (Å²) in [5.41, 5.74) is 3.29. The third kappa shape index (κ3) is 6.09. The van der Waals surface area contributed by atoms with Crippen LogP contribution in [0.5, 0.6) is 17.2 Å². The van der Waals surface area contributed by atoms with Gasteiger partial charge in [0.15, 0.2) is 11.5 Å². The Hall–Kier alpha value is -3.60. The van der Waals surface area contributed by atoms with E-state index >= 15 is 0 Å². The van der Waals surface area contributed by atoms with Crippen LogP contribution < -0.4 is 14.2 Å². The number of fused-ring (bicyclic) bond motifs is 1. The van der Waals surface area contributed by atoms with Crippen molar-refractivity contribution < 1.29 is 27.4 Å². The van der Waals surface area contributed by atoms with Gasteiger partial charge in [0, 0.05) is 57.4 Å². The lowest BCUT2D eigenvalue weighted by Gasteiger charge is -2.35. The zero-order valence-corrected chi connectivity index (χ0v) is 23.9. The molecule has 2 aliphatic heterocycles. The predicted octanol–water partition coefficient (Wildman–Crippen LogP) is 3.90. The number of ether oxygens (including phenoxy) is 3. The third-order valence-electron chi connectivity index (χ3n) is 7.23. The Bertz CT molecular complexity index is 1470. The molecule has 0 spiro atoms. The quantitative estimate of drug-likeness (QED) is 0.389. The number of amides is 1. The van der Waals surface area contributed by atoms with Gasteiger partial charge in [-0.2, -0.15) is 4.31 Å². The van der Waals surface area contributed by atoms with E-state index in [-0.39, 0.29) is 24.1 Å². The van der Waals surface area contributed by atoms with E-state index in [0.717, 1.165) is 42.3 Å². The van der Waals surface area contributed by atoms with Crippen LogP contribution in [0, 0.1) is 6.92 Å². The summed E-state index contributed by atoms with van der Waals surface area (Å²) >= 11 is 0. The zero-order chi connectivity index (χ0) is 28.3. The van der Waals surface area contributed by atoms with Crippen molar-refractivity contribution in [2.24, 2.45) is 0 Å². The fourth-order valence-corrected chi connectivity index (χ4v) is 6.09. The van der Waals surface area contributed by atoms with Crippen LogP contribution in [0.4, 0.5) is 0 Å². The van der Waals surface area contributed by atoms with Gasteiger partial charge in [-0.3, -0.25) is 9.69 Å². The number of carbonyl (C=O) groups excluding carboxylic acids is 1. The van der Waals surface area contributed by atoms with Gasteiger partial charge in [0.2, 0.25) is 16.8 Å². The van der Waals surface area contributed by atoms with E-state index in [1.54, 1.807) is 49.5 Å². The van der Waals surface area contributed by atoms with Crippen LogP contribution in [0.1, 0.15) is 34.0 Å². The second kappa shape index (κ2) is 11.9. The average molecular weight is 566 g/mol. The molecule has 0 bridgehead atoms. The molecule has 3 aromatic rings. The molecule has 5 rings (SSSR count). The van der Waals surface area contributed by atoms with Crippen molar-refractivity contribution in [3.05, 3.63) is 82.9 Å². The van der Waals surface area contributed by atoms with Crippen molar-refractivity contribution in [1.29, 1.82) is 0 Å². The molecule has 10 heteroatoms. The molecule has 212 valence electrons. The first kappa shape index (κ1) is 27.9. The van der Waals surface area contributed by atoms with E-state index in [4.69, 9.17) is 14.2 Å². The van der Waals surface area contributed by atoms with Crippen LogP contribution in [-0.2, 0) is 23.1 Å². The fourth-order valence-electron chi connectivity index (χ4n) is 4.94. The third-order valence-corrected chi connectivity index (χ3v) is 9.05. The van der Waals surface area contributed by atoms with Gasteiger partial charge in [-0.1, -0.05) is 23.8 Å². The molecule has 0 aromatic heterocycles. The largest absolute Gasteiger partial charge is 0.494 e. The first-order valence-electron chi connectivity index (χ1n) is 13.4. The van der Waals surface area contributed by atoms with Crippen molar-refractivity contribution in [2.45, 2.75) is 31.8 Å². The zero-order valence-electron chi connectivity index (χ0n) is 23.1. The number of piperazine rings is 1. The highest BCUT2D eigenvalue weighted by atomic mass is 32.2. The van der Waals surface area contributed by atoms with Gasteiger partial charge >= 0.3 is 0 Å². The van der Waals surface area contributed by atoms with E-state index in [1.807, 2.05) is 36.9 Å². The second-order valence-electron chi connectivity index (χ2n) is 10.1. The Morgan fingerprint density at radius 3 is 2.40 bits per heavy atom. The lowest BCUT2D eigenvalue weighted by molar-refractivity contribution is 0.0628. The summed E-state index contributed by atoms with van der Waals surface area (Å²) in [6.45, 7) is 8.04. The lowest BCUT2D eigenvalue weighted by atomic mass is 10.1. The molecule has 3 aromatic carbocycles.